The van der Waals surface area contributed by atoms with Crippen molar-refractivity contribution in [3.05, 3.63) is 27.9 Å². The van der Waals surface area contributed by atoms with Gasteiger partial charge in [-0.2, -0.15) is 0 Å². The standard InChI is InChI=1S/C14H22N4O3/c1-11-8-13(18(19)20)14(16-9-11)17(6-7-21-2)10-12-4-3-5-15-12/h8-9,12,15H,3-7,10H2,1-2H3. The Morgan fingerprint density at radius 3 is 3.05 bits per heavy atom. The zero-order valence-electron chi connectivity index (χ0n) is 12.5. The molecule has 7 nitrogen and oxygen atoms in total. The van der Waals surface area contributed by atoms with Crippen molar-refractivity contribution in [2.45, 2.75) is 25.8 Å². The van der Waals surface area contributed by atoms with E-state index in [2.05, 4.69) is 10.3 Å². The van der Waals surface area contributed by atoms with E-state index < -0.39 is 0 Å². The van der Waals surface area contributed by atoms with Crippen LogP contribution in [0.25, 0.3) is 0 Å². The van der Waals surface area contributed by atoms with Crippen LogP contribution < -0.4 is 10.2 Å². The summed E-state index contributed by atoms with van der Waals surface area (Å²) in [4.78, 5) is 17.2. The van der Waals surface area contributed by atoms with E-state index in [0.717, 1.165) is 24.9 Å². The van der Waals surface area contributed by atoms with Crippen LogP contribution >= 0.6 is 0 Å². The van der Waals surface area contributed by atoms with Crippen LogP contribution in [-0.4, -0.2) is 49.3 Å². The van der Waals surface area contributed by atoms with Gasteiger partial charge in [-0.05, 0) is 31.9 Å². The molecule has 1 aromatic heterocycles. The van der Waals surface area contributed by atoms with Crippen molar-refractivity contribution in [3.8, 4) is 0 Å². The molecule has 1 unspecified atom stereocenters. The number of nitro groups is 1. The topological polar surface area (TPSA) is 80.5 Å². The lowest BCUT2D eigenvalue weighted by Gasteiger charge is -2.26. The van der Waals surface area contributed by atoms with Crippen molar-refractivity contribution < 1.29 is 9.66 Å². The van der Waals surface area contributed by atoms with Gasteiger partial charge >= 0.3 is 5.69 Å². The minimum atomic E-state index is -0.364. The lowest BCUT2D eigenvalue weighted by Crippen LogP contribution is -2.40. The van der Waals surface area contributed by atoms with E-state index in [0.29, 0.717) is 31.6 Å². The summed E-state index contributed by atoms with van der Waals surface area (Å²) >= 11 is 0. The Kier molecular flexibility index (Phi) is 5.46. The van der Waals surface area contributed by atoms with Crippen LogP contribution in [0.4, 0.5) is 11.5 Å². The second-order valence-electron chi connectivity index (χ2n) is 5.34. The van der Waals surface area contributed by atoms with E-state index in [1.807, 2.05) is 11.8 Å². The Hall–Kier alpha value is -1.73. The van der Waals surface area contributed by atoms with Crippen molar-refractivity contribution in [2.24, 2.45) is 0 Å². The second kappa shape index (κ2) is 7.33. The largest absolute Gasteiger partial charge is 0.383 e. The predicted octanol–water partition coefficient (Wildman–Crippen LogP) is 1.50. The van der Waals surface area contributed by atoms with Crippen LogP contribution in [0.3, 0.4) is 0 Å². The Bertz CT molecular complexity index is 489. The van der Waals surface area contributed by atoms with Crippen LogP contribution in [-0.2, 0) is 4.74 Å². The van der Waals surface area contributed by atoms with Crippen LogP contribution in [0.1, 0.15) is 18.4 Å². The molecule has 0 aliphatic carbocycles. The van der Waals surface area contributed by atoms with Crippen LogP contribution in [0, 0.1) is 17.0 Å². The van der Waals surface area contributed by atoms with Crippen LogP contribution in [0.5, 0.6) is 0 Å². The van der Waals surface area contributed by atoms with Crippen LogP contribution in [0.2, 0.25) is 0 Å². The lowest BCUT2D eigenvalue weighted by atomic mass is 10.2. The normalized spacial score (nSPS) is 17.9. The van der Waals surface area contributed by atoms with Gasteiger partial charge < -0.3 is 15.0 Å². The fourth-order valence-electron chi connectivity index (χ4n) is 2.59. The monoisotopic (exact) mass is 294 g/mol. The first-order valence-electron chi connectivity index (χ1n) is 7.20. The van der Waals surface area contributed by atoms with E-state index in [-0.39, 0.29) is 10.6 Å². The van der Waals surface area contributed by atoms with E-state index in [9.17, 15) is 10.1 Å². The van der Waals surface area contributed by atoms with Crippen molar-refractivity contribution in [3.63, 3.8) is 0 Å². The van der Waals surface area contributed by atoms with Gasteiger partial charge in [-0.25, -0.2) is 4.98 Å². The number of ether oxygens (including phenoxy) is 1. The van der Waals surface area contributed by atoms with Crippen molar-refractivity contribution >= 4 is 11.5 Å². The molecule has 7 heteroatoms. The van der Waals surface area contributed by atoms with E-state index >= 15 is 0 Å². The molecule has 21 heavy (non-hydrogen) atoms. The fourth-order valence-corrected chi connectivity index (χ4v) is 2.59. The molecule has 1 N–H and O–H groups in total. The van der Waals surface area contributed by atoms with Crippen molar-refractivity contribution in [1.29, 1.82) is 0 Å². The predicted molar refractivity (Wildman–Crippen MR) is 80.7 cm³/mol. The average molecular weight is 294 g/mol. The number of aromatic nitrogens is 1. The first-order valence-corrected chi connectivity index (χ1v) is 7.20. The summed E-state index contributed by atoms with van der Waals surface area (Å²) < 4.78 is 5.12. The highest BCUT2D eigenvalue weighted by Gasteiger charge is 2.25. The number of pyridine rings is 1. The Balaban J connectivity index is 2.23. The molecular formula is C14H22N4O3. The average Bonchev–Trinajstić information content (AvgIpc) is 2.96. The summed E-state index contributed by atoms with van der Waals surface area (Å²) in [7, 11) is 1.63. The second-order valence-corrected chi connectivity index (χ2v) is 5.34. The molecular weight excluding hydrogens is 272 g/mol. The minimum Gasteiger partial charge on any atom is -0.383 e. The Labute approximate surface area is 124 Å². The van der Waals surface area contributed by atoms with Crippen molar-refractivity contribution in [2.75, 3.05) is 38.3 Å². The summed E-state index contributed by atoms with van der Waals surface area (Å²) in [6.07, 6.45) is 3.90. The zero-order valence-corrected chi connectivity index (χ0v) is 12.5. The molecule has 1 aromatic rings. The highest BCUT2D eigenvalue weighted by Crippen LogP contribution is 2.27. The van der Waals surface area contributed by atoms with Gasteiger partial charge in [0.25, 0.3) is 0 Å². The summed E-state index contributed by atoms with van der Waals surface area (Å²) in [6.45, 7) is 4.62. The number of rotatable bonds is 7. The van der Waals surface area contributed by atoms with Gasteiger partial charge in [0.05, 0.1) is 11.5 Å². The molecule has 1 aliphatic heterocycles. The molecule has 0 spiro atoms. The van der Waals surface area contributed by atoms with Crippen molar-refractivity contribution in [1.82, 2.24) is 10.3 Å². The molecule has 0 saturated carbocycles. The number of nitrogens with one attached hydrogen (secondary N) is 1. The zero-order chi connectivity index (χ0) is 15.2. The van der Waals surface area contributed by atoms with Gasteiger partial charge in [0.1, 0.15) is 0 Å². The van der Waals surface area contributed by atoms with E-state index in [4.69, 9.17) is 4.74 Å². The van der Waals surface area contributed by atoms with Gasteiger partial charge in [-0.3, -0.25) is 10.1 Å². The highest BCUT2D eigenvalue weighted by atomic mass is 16.6. The first-order chi connectivity index (χ1) is 10.1. The molecule has 2 heterocycles. The quantitative estimate of drug-likeness (QED) is 0.606. The van der Waals surface area contributed by atoms with Gasteiger partial charge in [-0.1, -0.05) is 0 Å². The van der Waals surface area contributed by atoms with Gasteiger partial charge in [0.15, 0.2) is 0 Å². The van der Waals surface area contributed by atoms with E-state index in [1.165, 1.54) is 0 Å². The number of anilines is 1. The maximum absolute atomic E-state index is 11.3. The fraction of sp³-hybridized carbons (Fsp3) is 0.643. The molecule has 1 aliphatic rings. The molecule has 0 amide bonds. The molecule has 0 bridgehead atoms. The maximum Gasteiger partial charge on any atom is 0.311 e. The van der Waals surface area contributed by atoms with Crippen LogP contribution in [0.15, 0.2) is 12.3 Å². The molecule has 1 saturated heterocycles. The summed E-state index contributed by atoms with van der Waals surface area (Å²) in [5.74, 6) is 0.427. The Morgan fingerprint density at radius 1 is 1.62 bits per heavy atom. The smallest absolute Gasteiger partial charge is 0.311 e. The molecule has 0 radical (unpaired) electrons. The van der Waals surface area contributed by atoms with Gasteiger partial charge in [0, 0.05) is 38.5 Å². The number of nitrogens with zero attached hydrogens (tertiary/aromatic N) is 3. The number of aryl methyl sites for hydroxylation is 1. The SMILES string of the molecule is COCCN(CC1CCCN1)c1ncc(C)cc1[N+](=O)[O-]. The number of hydrogen-bond acceptors (Lipinski definition) is 6. The third kappa shape index (κ3) is 4.12. The summed E-state index contributed by atoms with van der Waals surface area (Å²) in [5, 5.41) is 14.7. The van der Waals surface area contributed by atoms with Gasteiger partial charge in [0.2, 0.25) is 5.82 Å². The first kappa shape index (κ1) is 15.7. The van der Waals surface area contributed by atoms with Gasteiger partial charge in [-0.15, -0.1) is 0 Å². The lowest BCUT2D eigenvalue weighted by molar-refractivity contribution is -0.384. The Morgan fingerprint density at radius 2 is 2.43 bits per heavy atom. The summed E-state index contributed by atoms with van der Waals surface area (Å²) in [6, 6.07) is 1.93. The third-order valence-corrected chi connectivity index (χ3v) is 3.65. The number of methoxy groups -OCH3 is 1. The minimum absolute atomic E-state index is 0.0594. The summed E-state index contributed by atoms with van der Waals surface area (Å²) in [5.41, 5.74) is 0.847. The molecule has 1 atom stereocenters. The maximum atomic E-state index is 11.3. The van der Waals surface area contributed by atoms with E-state index in [1.54, 1.807) is 19.4 Å². The molecule has 2 rings (SSSR count). The highest BCUT2D eigenvalue weighted by molar-refractivity contribution is 5.58. The molecule has 1 fully saturated rings. The molecule has 116 valence electrons. The number of hydrogen-bond donors (Lipinski definition) is 1. The molecule has 0 aromatic carbocycles. The third-order valence-electron chi connectivity index (χ3n) is 3.65.